The van der Waals surface area contributed by atoms with Gasteiger partial charge in [0.2, 0.25) is 11.1 Å². The van der Waals surface area contributed by atoms with Crippen LogP contribution in [-0.4, -0.2) is 6.61 Å². The second kappa shape index (κ2) is 4.35. The molecule has 0 amide bonds. The molecule has 0 atom stereocenters. The van der Waals surface area contributed by atoms with Crippen molar-refractivity contribution in [2.75, 3.05) is 6.61 Å². The summed E-state index contributed by atoms with van der Waals surface area (Å²) >= 11 is 0. The summed E-state index contributed by atoms with van der Waals surface area (Å²) in [7, 11) is 0. The van der Waals surface area contributed by atoms with Crippen molar-refractivity contribution in [3.05, 3.63) is 29.2 Å². The van der Waals surface area contributed by atoms with Crippen molar-refractivity contribution in [2.45, 2.75) is 13.3 Å². The van der Waals surface area contributed by atoms with E-state index in [9.17, 15) is 0 Å². The first-order valence-corrected chi connectivity index (χ1v) is 3.95. The Morgan fingerprint density at radius 1 is 1.42 bits per heavy atom. The zero-order valence-corrected chi connectivity index (χ0v) is 7.03. The first-order valence-electron chi connectivity index (χ1n) is 3.95. The van der Waals surface area contributed by atoms with Crippen LogP contribution in [0.25, 0.3) is 4.98 Å². The fraction of sp³-hybridized carbons (Fsp3) is 0.333. The quantitative estimate of drug-likeness (QED) is 0.642. The van der Waals surface area contributed by atoms with E-state index >= 15 is 0 Å². The summed E-state index contributed by atoms with van der Waals surface area (Å²) in [5.74, 6) is 0.627. The van der Waals surface area contributed by atoms with Crippen LogP contribution < -0.4 is 4.74 Å². The summed E-state index contributed by atoms with van der Waals surface area (Å²) in [6.07, 6.45) is 0.944. The lowest BCUT2D eigenvalue weighted by atomic mass is 10.3. The van der Waals surface area contributed by atoms with Crippen LogP contribution in [0.4, 0.5) is 5.69 Å². The number of para-hydroxylation sites is 1. The van der Waals surface area contributed by atoms with Crippen molar-refractivity contribution >= 4 is 5.69 Å². The Bertz CT molecular complexity index is 291. The van der Waals surface area contributed by atoms with Crippen LogP contribution >= 0.6 is 0 Å². The van der Waals surface area contributed by atoms with Gasteiger partial charge >= 0.3 is 5.69 Å². The maximum absolute atomic E-state index is 8.56. The van der Waals surface area contributed by atoms with E-state index < -0.39 is 0 Å². The minimum atomic E-state index is 0.478. The van der Waals surface area contributed by atoms with E-state index in [1.807, 2.05) is 13.0 Å². The van der Waals surface area contributed by atoms with Gasteiger partial charge in [-0.1, -0.05) is 19.1 Å². The number of nitrogens with zero attached hydrogens (tertiary/aromatic N) is 2. The molecule has 3 nitrogen and oxygen atoms in total. The number of hydrogen-bond donors (Lipinski definition) is 0. The van der Waals surface area contributed by atoms with Gasteiger partial charge in [0.05, 0.1) is 6.61 Å². The fourth-order valence-electron chi connectivity index (χ4n) is 0.874. The monoisotopic (exact) mass is 163 g/mol. The van der Waals surface area contributed by atoms with Gasteiger partial charge in [-0.05, 0) is 12.5 Å². The predicted octanol–water partition coefficient (Wildman–Crippen LogP) is 2.96. The van der Waals surface area contributed by atoms with Gasteiger partial charge < -0.3 is 4.74 Å². The van der Waals surface area contributed by atoms with Crippen LogP contribution in [0, 0.1) is 5.39 Å². The minimum Gasteiger partial charge on any atom is -0.486 e. The molecule has 0 saturated carbocycles. The van der Waals surface area contributed by atoms with Crippen molar-refractivity contribution in [3.63, 3.8) is 0 Å². The topological polar surface area (TPSA) is 37.4 Å². The zero-order chi connectivity index (χ0) is 8.81. The van der Waals surface area contributed by atoms with Crippen LogP contribution in [0.3, 0.4) is 0 Å². The van der Waals surface area contributed by atoms with E-state index in [2.05, 4.69) is 4.98 Å². The van der Waals surface area contributed by atoms with Gasteiger partial charge in [0.15, 0.2) is 4.98 Å². The summed E-state index contributed by atoms with van der Waals surface area (Å²) in [4.78, 5) is 3.10. The first kappa shape index (κ1) is 8.54. The molecule has 0 aliphatic heterocycles. The molecule has 0 fully saturated rings. The number of hydrogen-bond acceptors (Lipinski definition) is 2. The predicted molar refractivity (Wildman–Crippen MR) is 47.0 cm³/mol. The van der Waals surface area contributed by atoms with Crippen LogP contribution in [0.15, 0.2) is 24.3 Å². The van der Waals surface area contributed by atoms with Crippen molar-refractivity contribution in [2.24, 2.45) is 0 Å². The van der Waals surface area contributed by atoms with Crippen LogP contribution in [-0.2, 0) is 0 Å². The average molecular weight is 163 g/mol. The lowest BCUT2D eigenvalue weighted by Gasteiger charge is -1.99. The molecule has 12 heavy (non-hydrogen) atoms. The largest absolute Gasteiger partial charge is 0.486 e. The summed E-state index contributed by atoms with van der Waals surface area (Å²) in [6.45, 7) is 2.67. The van der Waals surface area contributed by atoms with E-state index in [1.54, 1.807) is 18.2 Å². The van der Waals surface area contributed by atoms with E-state index in [-0.39, 0.29) is 0 Å². The SMILES string of the molecule is CCCOc1ccccc1[N+]#N. The van der Waals surface area contributed by atoms with Gasteiger partial charge in [-0.3, -0.25) is 0 Å². The maximum atomic E-state index is 8.56. The maximum Gasteiger partial charge on any atom is 0.426 e. The normalized spacial score (nSPS) is 9.00. The molecule has 1 rings (SSSR count). The number of diazo groups is 1. The molecule has 0 radical (unpaired) electrons. The summed E-state index contributed by atoms with van der Waals surface area (Å²) in [5.41, 5.74) is 0.478. The van der Waals surface area contributed by atoms with Crippen LogP contribution in [0.1, 0.15) is 13.3 Å². The molecule has 0 bridgehead atoms. The Labute approximate surface area is 71.6 Å². The van der Waals surface area contributed by atoms with Gasteiger partial charge in [0.25, 0.3) is 0 Å². The third-order valence-corrected chi connectivity index (χ3v) is 1.43. The molecule has 0 spiro atoms. The van der Waals surface area contributed by atoms with Crippen molar-refractivity contribution < 1.29 is 4.74 Å². The highest BCUT2D eigenvalue weighted by molar-refractivity contribution is 5.56. The molecule has 0 aliphatic carbocycles. The number of rotatable bonds is 3. The summed E-state index contributed by atoms with van der Waals surface area (Å²) in [5, 5.41) is 8.56. The molecule has 0 N–H and O–H groups in total. The van der Waals surface area contributed by atoms with Gasteiger partial charge in [-0.25, -0.2) is 0 Å². The second-order valence-corrected chi connectivity index (χ2v) is 2.42. The third kappa shape index (κ3) is 1.96. The van der Waals surface area contributed by atoms with Crippen LogP contribution in [0.5, 0.6) is 5.75 Å². The molecule has 62 valence electrons. The van der Waals surface area contributed by atoms with Crippen molar-refractivity contribution in [3.8, 4) is 5.75 Å². The van der Waals surface area contributed by atoms with E-state index in [0.717, 1.165) is 6.42 Å². The Morgan fingerprint density at radius 2 is 2.17 bits per heavy atom. The molecule has 0 aromatic heterocycles. The number of ether oxygens (including phenoxy) is 1. The van der Waals surface area contributed by atoms with Crippen molar-refractivity contribution in [1.82, 2.24) is 0 Å². The Morgan fingerprint density at radius 3 is 2.83 bits per heavy atom. The standard InChI is InChI=1S/C9H11N2O/c1-2-7-12-9-6-4-3-5-8(9)11-10/h3-6H,2,7H2,1H3/q+1. The molecule has 0 heterocycles. The molecule has 0 aliphatic rings. The van der Waals surface area contributed by atoms with E-state index in [4.69, 9.17) is 10.1 Å². The highest BCUT2D eigenvalue weighted by atomic mass is 16.5. The molecule has 0 unspecified atom stereocenters. The molecule has 1 aromatic carbocycles. The van der Waals surface area contributed by atoms with Gasteiger partial charge in [-0.15, -0.1) is 0 Å². The number of benzene rings is 1. The Balaban J connectivity index is 2.77. The third-order valence-electron chi connectivity index (χ3n) is 1.43. The first-order chi connectivity index (χ1) is 5.88. The summed E-state index contributed by atoms with van der Waals surface area (Å²) < 4.78 is 5.32. The van der Waals surface area contributed by atoms with Crippen LogP contribution in [0.2, 0.25) is 0 Å². The van der Waals surface area contributed by atoms with Gasteiger partial charge in [0.1, 0.15) is 0 Å². The minimum absolute atomic E-state index is 0.478. The lowest BCUT2D eigenvalue weighted by Crippen LogP contribution is -1.94. The zero-order valence-electron chi connectivity index (χ0n) is 7.03. The van der Waals surface area contributed by atoms with Gasteiger partial charge in [0, 0.05) is 6.07 Å². The lowest BCUT2D eigenvalue weighted by molar-refractivity contribution is 0.319. The second-order valence-electron chi connectivity index (χ2n) is 2.42. The molecule has 1 aromatic rings. The van der Waals surface area contributed by atoms with Gasteiger partial charge in [-0.2, -0.15) is 0 Å². The highest BCUT2D eigenvalue weighted by Crippen LogP contribution is 2.26. The Kier molecular flexibility index (Phi) is 3.09. The highest BCUT2D eigenvalue weighted by Gasteiger charge is 2.12. The molecular weight excluding hydrogens is 152 g/mol. The fourth-order valence-corrected chi connectivity index (χ4v) is 0.874. The molecule has 0 saturated heterocycles. The Hall–Kier alpha value is -1.56. The van der Waals surface area contributed by atoms with E-state index in [1.165, 1.54) is 0 Å². The summed E-state index contributed by atoms with van der Waals surface area (Å²) in [6, 6.07) is 7.13. The smallest absolute Gasteiger partial charge is 0.426 e. The molecular formula is C9H11N2O+. The van der Waals surface area contributed by atoms with Crippen molar-refractivity contribution in [1.29, 1.82) is 5.39 Å². The van der Waals surface area contributed by atoms with E-state index in [0.29, 0.717) is 18.0 Å². The average Bonchev–Trinajstić information content (AvgIpc) is 2.15. The molecule has 3 heteroatoms.